The normalized spacial score (nSPS) is 9.61. The van der Waals surface area contributed by atoms with Crippen molar-refractivity contribution in [2.75, 3.05) is 0 Å². The smallest absolute Gasteiger partial charge is 0.408 e. The first-order chi connectivity index (χ1) is 8.74. The number of ether oxygens (including phenoxy) is 1. The van der Waals surface area contributed by atoms with Crippen LogP contribution < -0.4 is 15.1 Å². The number of para-hydroxylation sites is 1. The van der Waals surface area contributed by atoms with Gasteiger partial charge in [0.1, 0.15) is 5.75 Å². The van der Waals surface area contributed by atoms with Crippen molar-refractivity contribution in [3.05, 3.63) is 60.2 Å². The number of aryl methyl sites for hydroxylation is 1. The molecule has 0 atom stereocenters. The van der Waals surface area contributed by atoms with Crippen molar-refractivity contribution in [1.82, 2.24) is 5.48 Å². The summed E-state index contributed by atoms with van der Waals surface area (Å²) in [5.41, 5.74) is 3.33. The molecule has 0 spiro atoms. The monoisotopic (exact) mass is 243 g/mol. The molecule has 1 amide bonds. The zero-order valence-corrected chi connectivity index (χ0v) is 9.92. The van der Waals surface area contributed by atoms with Crippen LogP contribution in [0.5, 0.6) is 11.5 Å². The second-order valence-electron chi connectivity index (χ2n) is 3.72. The molecule has 2 aromatic rings. The van der Waals surface area contributed by atoms with Gasteiger partial charge >= 0.3 is 6.09 Å². The number of carbonyl (C=O) groups is 1. The van der Waals surface area contributed by atoms with Crippen LogP contribution in [0, 0.1) is 6.92 Å². The third kappa shape index (κ3) is 3.52. The summed E-state index contributed by atoms with van der Waals surface area (Å²) >= 11 is 0. The van der Waals surface area contributed by atoms with Crippen molar-refractivity contribution in [1.29, 1.82) is 0 Å². The first-order valence-corrected chi connectivity index (χ1v) is 5.50. The lowest BCUT2D eigenvalue weighted by atomic mass is 10.2. The molecule has 0 saturated heterocycles. The SMILES string of the molecule is Cc1ccc(ONC(=O)Oc2ccccc2)cc1. The van der Waals surface area contributed by atoms with Crippen molar-refractivity contribution >= 4 is 6.09 Å². The highest BCUT2D eigenvalue weighted by molar-refractivity contribution is 5.69. The number of hydroxylamine groups is 1. The van der Waals surface area contributed by atoms with E-state index in [0.29, 0.717) is 11.5 Å². The Kier molecular flexibility index (Phi) is 3.81. The quantitative estimate of drug-likeness (QED) is 0.843. The summed E-state index contributed by atoms with van der Waals surface area (Å²) in [5, 5.41) is 0. The van der Waals surface area contributed by atoms with Gasteiger partial charge in [-0.15, -0.1) is 0 Å². The first kappa shape index (κ1) is 12.0. The Morgan fingerprint density at radius 1 is 0.944 bits per heavy atom. The Labute approximate surface area is 105 Å². The van der Waals surface area contributed by atoms with E-state index in [1.165, 1.54) is 0 Å². The second-order valence-corrected chi connectivity index (χ2v) is 3.72. The Morgan fingerprint density at radius 2 is 1.61 bits per heavy atom. The van der Waals surface area contributed by atoms with Gasteiger partial charge in [0.2, 0.25) is 0 Å². The Balaban J connectivity index is 1.83. The Bertz CT molecular complexity index is 508. The fourth-order valence-electron chi connectivity index (χ4n) is 1.32. The molecular formula is C14H13NO3. The average molecular weight is 243 g/mol. The van der Waals surface area contributed by atoms with Gasteiger partial charge in [0.05, 0.1) is 0 Å². The lowest BCUT2D eigenvalue weighted by Gasteiger charge is -2.07. The summed E-state index contributed by atoms with van der Waals surface area (Å²) in [7, 11) is 0. The first-order valence-electron chi connectivity index (χ1n) is 5.50. The molecule has 0 aliphatic rings. The van der Waals surface area contributed by atoms with Crippen LogP contribution in [0.15, 0.2) is 54.6 Å². The molecule has 0 saturated carbocycles. The van der Waals surface area contributed by atoms with Gasteiger partial charge < -0.3 is 9.57 Å². The van der Waals surface area contributed by atoms with E-state index >= 15 is 0 Å². The molecule has 0 unspecified atom stereocenters. The van der Waals surface area contributed by atoms with Crippen molar-refractivity contribution < 1.29 is 14.4 Å². The van der Waals surface area contributed by atoms with Crippen LogP contribution in [0.25, 0.3) is 0 Å². The molecular weight excluding hydrogens is 230 g/mol. The predicted molar refractivity (Wildman–Crippen MR) is 67.4 cm³/mol. The molecule has 0 radical (unpaired) electrons. The maximum atomic E-state index is 11.4. The third-order valence-electron chi connectivity index (χ3n) is 2.23. The minimum absolute atomic E-state index is 0.461. The Hall–Kier alpha value is -2.49. The molecule has 92 valence electrons. The van der Waals surface area contributed by atoms with Gasteiger partial charge in [0, 0.05) is 0 Å². The van der Waals surface area contributed by atoms with Gasteiger partial charge in [-0.05, 0) is 31.2 Å². The van der Waals surface area contributed by atoms with Gasteiger partial charge in [0.15, 0.2) is 5.75 Å². The predicted octanol–water partition coefficient (Wildman–Crippen LogP) is 3.08. The second kappa shape index (κ2) is 5.72. The third-order valence-corrected chi connectivity index (χ3v) is 2.23. The van der Waals surface area contributed by atoms with Crippen LogP contribution in [0.2, 0.25) is 0 Å². The average Bonchev–Trinajstić information content (AvgIpc) is 2.39. The standard InChI is InChI=1S/C14H13NO3/c1-11-7-9-13(10-8-11)18-15-14(16)17-12-5-3-2-4-6-12/h2-10H,1H3,(H,15,16). The molecule has 4 nitrogen and oxygen atoms in total. The zero-order valence-electron chi connectivity index (χ0n) is 9.92. The summed E-state index contributed by atoms with van der Waals surface area (Å²) in [6.45, 7) is 1.97. The largest absolute Gasteiger partial charge is 0.446 e. The molecule has 0 aromatic heterocycles. The van der Waals surface area contributed by atoms with Crippen LogP contribution in [0.3, 0.4) is 0 Å². The van der Waals surface area contributed by atoms with Gasteiger partial charge in [-0.3, -0.25) is 0 Å². The van der Waals surface area contributed by atoms with Gasteiger partial charge in [-0.1, -0.05) is 35.9 Å². The summed E-state index contributed by atoms with van der Waals surface area (Å²) in [5.74, 6) is 1.01. The highest BCUT2D eigenvalue weighted by Gasteiger charge is 2.04. The fraction of sp³-hybridized carbons (Fsp3) is 0.0714. The van der Waals surface area contributed by atoms with Gasteiger partial charge in [0.25, 0.3) is 0 Å². The van der Waals surface area contributed by atoms with E-state index in [0.717, 1.165) is 5.56 Å². The number of hydrogen-bond donors (Lipinski definition) is 1. The lowest BCUT2D eigenvalue weighted by molar-refractivity contribution is 0.141. The molecule has 2 rings (SSSR count). The van der Waals surface area contributed by atoms with Crippen molar-refractivity contribution in [3.63, 3.8) is 0 Å². The molecule has 2 aromatic carbocycles. The number of nitrogens with one attached hydrogen (secondary N) is 1. The van der Waals surface area contributed by atoms with E-state index in [2.05, 4.69) is 5.48 Å². The Morgan fingerprint density at radius 3 is 2.28 bits per heavy atom. The minimum Gasteiger partial charge on any atom is -0.408 e. The molecule has 18 heavy (non-hydrogen) atoms. The fourth-order valence-corrected chi connectivity index (χ4v) is 1.32. The summed E-state index contributed by atoms with van der Waals surface area (Å²) in [6.07, 6.45) is -0.665. The zero-order chi connectivity index (χ0) is 12.8. The molecule has 0 aliphatic carbocycles. The van der Waals surface area contributed by atoms with Crippen LogP contribution in [0.1, 0.15) is 5.56 Å². The lowest BCUT2D eigenvalue weighted by Crippen LogP contribution is -2.29. The van der Waals surface area contributed by atoms with Crippen LogP contribution in [-0.4, -0.2) is 6.09 Å². The summed E-state index contributed by atoms with van der Waals surface area (Å²) in [4.78, 5) is 16.5. The number of amides is 1. The van der Waals surface area contributed by atoms with Gasteiger partial charge in [-0.2, -0.15) is 5.48 Å². The molecule has 4 heteroatoms. The van der Waals surface area contributed by atoms with E-state index < -0.39 is 6.09 Å². The number of rotatable bonds is 3. The molecule has 0 fully saturated rings. The maximum absolute atomic E-state index is 11.4. The minimum atomic E-state index is -0.665. The van der Waals surface area contributed by atoms with E-state index in [9.17, 15) is 4.79 Å². The number of hydrogen-bond acceptors (Lipinski definition) is 3. The van der Waals surface area contributed by atoms with E-state index in [-0.39, 0.29) is 0 Å². The van der Waals surface area contributed by atoms with E-state index in [1.807, 2.05) is 25.1 Å². The summed E-state index contributed by atoms with van der Waals surface area (Å²) in [6, 6.07) is 16.1. The van der Waals surface area contributed by atoms with Crippen LogP contribution in [0.4, 0.5) is 4.79 Å². The van der Waals surface area contributed by atoms with Crippen molar-refractivity contribution in [3.8, 4) is 11.5 Å². The highest BCUT2D eigenvalue weighted by atomic mass is 16.7. The van der Waals surface area contributed by atoms with Gasteiger partial charge in [-0.25, -0.2) is 4.79 Å². The van der Waals surface area contributed by atoms with Crippen LogP contribution >= 0.6 is 0 Å². The van der Waals surface area contributed by atoms with Crippen molar-refractivity contribution in [2.24, 2.45) is 0 Å². The number of carbonyl (C=O) groups excluding carboxylic acids is 1. The number of benzene rings is 2. The topological polar surface area (TPSA) is 47.6 Å². The molecule has 0 aliphatic heterocycles. The molecule has 1 N–H and O–H groups in total. The summed E-state index contributed by atoms with van der Waals surface area (Å²) < 4.78 is 4.98. The maximum Gasteiger partial charge on any atom is 0.446 e. The molecule has 0 bridgehead atoms. The van der Waals surface area contributed by atoms with E-state index in [4.69, 9.17) is 9.57 Å². The van der Waals surface area contributed by atoms with E-state index in [1.54, 1.807) is 36.4 Å². The highest BCUT2D eigenvalue weighted by Crippen LogP contribution is 2.11. The molecule has 0 heterocycles. The van der Waals surface area contributed by atoms with Crippen molar-refractivity contribution in [2.45, 2.75) is 6.92 Å². The van der Waals surface area contributed by atoms with Crippen LogP contribution in [-0.2, 0) is 0 Å².